The van der Waals surface area contributed by atoms with Gasteiger partial charge in [0.1, 0.15) is 17.2 Å². The first-order chi connectivity index (χ1) is 9.47. The zero-order chi connectivity index (χ0) is 14.7. The molecule has 3 N–H and O–H groups in total. The van der Waals surface area contributed by atoms with Crippen LogP contribution in [0.2, 0.25) is 0 Å². The van der Waals surface area contributed by atoms with E-state index in [1.54, 1.807) is 0 Å². The predicted molar refractivity (Wildman–Crippen MR) is 67.8 cm³/mol. The molecule has 0 spiro atoms. The summed E-state index contributed by atoms with van der Waals surface area (Å²) in [4.78, 5) is 20.8. The van der Waals surface area contributed by atoms with Crippen molar-refractivity contribution in [2.24, 2.45) is 0 Å². The molecule has 0 fully saturated rings. The number of hydrogen-bond acceptors (Lipinski definition) is 6. The minimum Gasteiger partial charge on any atom is -0.508 e. The largest absolute Gasteiger partial charge is 0.508 e. The number of hydrogen-bond donors (Lipinski definition) is 3. The summed E-state index contributed by atoms with van der Waals surface area (Å²) in [5, 5.41) is 31.5. The van der Waals surface area contributed by atoms with Crippen molar-refractivity contribution >= 4 is 17.3 Å². The molecule has 0 amide bonds. The summed E-state index contributed by atoms with van der Waals surface area (Å²) in [5.74, 6) is -1.29. The van der Waals surface area contributed by atoms with Gasteiger partial charge in [-0.3, -0.25) is 10.1 Å². The lowest BCUT2D eigenvalue weighted by molar-refractivity contribution is -0.384. The number of phenolic OH excluding ortho intramolecular Hbond substituents is 1. The van der Waals surface area contributed by atoms with Gasteiger partial charge >= 0.3 is 5.97 Å². The molecule has 1 heterocycles. The van der Waals surface area contributed by atoms with Crippen LogP contribution in [0.15, 0.2) is 34.7 Å². The number of benzene rings is 1. The fourth-order valence-electron chi connectivity index (χ4n) is 1.59. The number of carboxylic acid groups (broad SMARTS) is 1. The molecule has 0 saturated carbocycles. The lowest BCUT2D eigenvalue weighted by atomic mass is 10.2. The number of furan rings is 1. The highest BCUT2D eigenvalue weighted by molar-refractivity contribution is 5.84. The predicted octanol–water partition coefficient (Wildman–Crippen LogP) is 2.20. The minimum absolute atomic E-state index is 0.0822. The molecular weight excluding hydrogens is 268 g/mol. The molecule has 20 heavy (non-hydrogen) atoms. The van der Waals surface area contributed by atoms with E-state index >= 15 is 0 Å². The van der Waals surface area contributed by atoms with E-state index in [0.717, 1.165) is 6.07 Å². The van der Waals surface area contributed by atoms with Gasteiger partial charge in [-0.25, -0.2) is 4.79 Å². The molecule has 2 rings (SSSR count). The number of nitro groups is 1. The summed E-state index contributed by atoms with van der Waals surface area (Å²) >= 11 is 0. The third-order valence-corrected chi connectivity index (χ3v) is 2.50. The Morgan fingerprint density at radius 2 is 2.10 bits per heavy atom. The molecule has 8 nitrogen and oxygen atoms in total. The van der Waals surface area contributed by atoms with E-state index in [0.29, 0.717) is 5.76 Å². The molecule has 0 atom stereocenters. The average Bonchev–Trinajstić information content (AvgIpc) is 2.86. The lowest BCUT2D eigenvalue weighted by Crippen LogP contribution is -2.02. The number of phenols is 1. The van der Waals surface area contributed by atoms with E-state index in [4.69, 9.17) is 9.52 Å². The Balaban J connectivity index is 2.14. The van der Waals surface area contributed by atoms with Crippen molar-refractivity contribution in [1.82, 2.24) is 0 Å². The molecule has 0 aliphatic rings. The van der Waals surface area contributed by atoms with Gasteiger partial charge in [0.15, 0.2) is 0 Å². The Morgan fingerprint density at radius 3 is 2.70 bits per heavy atom. The zero-order valence-corrected chi connectivity index (χ0v) is 10.1. The Hall–Kier alpha value is -3.03. The van der Waals surface area contributed by atoms with Crippen LogP contribution in [0.25, 0.3) is 0 Å². The second-order valence-electron chi connectivity index (χ2n) is 3.88. The van der Waals surface area contributed by atoms with Gasteiger partial charge in [0, 0.05) is 0 Å². The number of rotatable bonds is 5. The molecule has 104 valence electrons. The molecule has 0 unspecified atom stereocenters. The van der Waals surface area contributed by atoms with Crippen molar-refractivity contribution in [3.63, 3.8) is 0 Å². The fraction of sp³-hybridized carbons (Fsp3) is 0.0833. The van der Waals surface area contributed by atoms with Gasteiger partial charge < -0.3 is 19.9 Å². The van der Waals surface area contributed by atoms with E-state index in [1.807, 2.05) is 0 Å². The second-order valence-corrected chi connectivity index (χ2v) is 3.88. The Morgan fingerprint density at radius 1 is 1.35 bits per heavy atom. The van der Waals surface area contributed by atoms with E-state index in [1.165, 1.54) is 24.3 Å². The molecule has 1 aromatic carbocycles. The molecule has 1 aromatic heterocycles. The van der Waals surface area contributed by atoms with Crippen LogP contribution in [0, 0.1) is 10.1 Å². The van der Waals surface area contributed by atoms with E-state index in [9.17, 15) is 20.0 Å². The molecule has 2 aromatic rings. The molecule has 0 aliphatic carbocycles. The number of carbonyl (C=O) groups is 1. The van der Waals surface area contributed by atoms with Crippen LogP contribution in [-0.4, -0.2) is 21.1 Å². The summed E-state index contributed by atoms with van der Waals surface area (Å²) in [7, 11) is 0. The first-order valence-electron chi connectivity index (χ1n) is 5.50. The van der Waals surface area contributed by atoms with Crippen molar-refractivity contribution in [3.8, 4) is 5.75 Å². The van der Waals surface area contributed by atoms with Crippen molar-refractivity contribution in [2.45, 2.75) is 6.54 Å². The molecule has 0 bridgehead atoms. The number of anilines is 1. The van der Waals surface area contributed by atoms with Crippen molar-refractivity contribution in [2.75, 3.05) is 5.32 Å². The SMILES string of the molecule is O=C(O)c1ccc(CNc2ccc(O)cc2[N+](=O)[O-])o1. The van der Waals surface area contributed by atoms with E-state index in [-0.39, 0.29) is 29.4 Å². The highest BCUT2D eigenvalue weighted by atomic mass is 16.6. The third kappa shape index (κ3) is 2.86. The van der Waals surface area contributed by atoms with E-state index in [2.05, 4.69) is 5.32 Å². The summed E-state index contributed by atoms with van der Waals surface area (Å²) in [6.07, 6.45) is 0. The molecular formula is C12H10N2O6. The molecule has 0 aliphatic heterocycles. The maximum Gasteiger partial charge on any atom is 0.371 e. The van der Waals surface area contributed by atoms with Crippen LogP contribution in [0.3, 0.4) is 0 Å². The quantitative estimate of drug-likeness (QED) is 0.434. The Bertz CT molecular complexity index is 664. The summed E-state index contributed by atoms with van der Waals surface area (Å²) < 4.78 is 5.01. The normalized spacial score (nSPS) is 10.2. The van der Waals surface area contributed by atoms with Crippen LogP contribution in [-0.2, 0) is 6.54 Å². The smallest absolute Gasteiger partial charge is 0.371 e. The van der Waals surface area contributed by atoms with Crippen LogP contribution < -0.4 is 5.32 Å². The Labute approximate surface area is 112 Å². The topological polar surface area (TPSA) is 126 Å². The number of nitrogens with one attached hydrogen (secondary N) is 1. The van der Waals surface area contributed by atoms with Gasteiger partial charge in [0.25, 0.3) is 5.69 Å². The standard InChI is InChI=1S/C12H10N2O6/c15-7-1-3-9(10(5-7)14(18)19)13-6-8-2-4-11(20-8)12(16)17/h1-5,13,15H,6H2,(H,16,17). The molecule has 0 radical (unpaired) electrons. The summed E-state index contributed by atoms with van der Waals surface area (Å²) in [6.45, 7) is 0.0822. The molecule has 8 heteroatoms. The monoisotopic (exact) mass is 278 g/mol. The van der Waals surface area contributed by atoms with Gasteiger partial charge in [-0.05, 0) is 24.3 Å². The van der Waals surface area contributed by atoms with E-state index < -0.39 is 10.9 Å². The maximum atomic E-state index is 10.8. The van der Waals surface area contributed by atoms with Crippen LogP contribution >= 0.6 is 0 Å². The number of aromatic carboxylic acids is 1. The third-order valence-electron chi connectivity index (χ3n) is 2.50. The van der Waals surface area contributed by atoms with Crippen LogP contribution in [0.1, 0.15) is 16.3 Å². The van der Waals surface area contributed by atoms with Gasteiger partial charge in [-0.1, -0.05) is 0 Å². The first-order valence-corrected chi connectivity index (χ1v) is 5.50. The van der Waals surface area contributed by atoms with Gasteiger partial charge in [-0.15, -0.1) is 0 Å². The average molecular weight is 278 g/mol. The fourth-order valence-corrected chi connectivity index (χ4v) is 1.59. The number of nitro benzene ring substituents is 1. The van der Waals surface area contributed by atoms with Gasteiger partial charge in [0.2, 0.25) is 5.76 Å². The minimum atomic E-state index is -1.19. The number of carboxylic acids is 1. The molecule has 0 saturated heterocycles. The van der Waals surface area contributed by atoms with Crippen molar-refractivity contribution in [3.05, 3.63) is 52.0 Å². The Kier molecular flexibility index (Phi) is 3.56. The second kappa shape index (κ2) is 5.31. The van der Waals surface area contributed by atoms with Crippen molar-refractivity contribution < 1.29 is 24.3 Å². The number of nitrogens with zero attached hydrogens (tertiary/aromatic N) is 1. The van der Waals surface area contributed by atoms with Gasteiger partial charge in [0.05, 0.1) is 17.5 Å². The van der Waals surface area contributed by atoms with Crippen molar-refractivity contribution in [1.29, 1.82) is 0 Å². The highest BCUT2D eigenvalue weighted by Gasteiger charge is 2.15. The zero-order valence-electron chi connectivity index (χ0n) is 10.1. The highest BCUT2D eigenvalue weighted by Crippen LogP contribution is 2.28. The first kappa shape index (κ1) is 13.4. The van der Waals surface area contributed by atoms with Crippen LogP contribution in [0.5, 0.6) is 5.75 Å². The lowest BCUT2D eigenvalue weighted by Gasteiger charge is -2.05. The summed E-state index contributed by atoms with van der Waals surface area (Å²) in [6, 6.07) is 6.44. The maximum absolute atomic E-state index is 10.8. The number of aromatic hydroxyl groups is 1. The van der Waals surface area contributed by atoms with Crippen LogP contribution in [0.4, 0.5) is 11.4 Å². The van der Waals surface area contributed by atoms with Gasteiger partial charge in [-0.2, -0.15) is 0 Å². The summed E-state index contributed by atoms with van der Waals surface area (Å²) in [5.41, 5.74) is -0.0870.